The maximum atomic E-state index is 12.5. The van der Waals surface area contributed by atoms with Crippen LogP contribution in [0.5, 0.6) is 0 Å². The third-order valence-corrected chi connectivity index (χ3v) is 5.56. The van der Waals surface area contributed by atoms with Crippen LogP contribution in [0.25, 0.3) is 0 Å². The lowest BCUT2D eigenvalue weighted by Gasteiger charge is -2.30. The van der Waals surface area contributed by atoms with Gasteiger partial charge in [-0.2, -0.15) is 0 Å². The number of esters is 1. The third kappa shape index (κ3) is 4.67. The first-order valence-electron chi connectivity index (χ1n) is 9.87. The van der Waals surface area contributed by atoms with Crippen molar-refractivity contribution in [3.8, 4) is 0 Å². The molecule has 6 nitrogen and oxygen atoms in total. The Balaban J connectivity index is 1.59. The molecule has 3 atom stereocenters. The van der Waals surface area contributed by atoms with Crippen molar-refractivity contribution in [2.45, 2.75) is 64.5 Å². The van der Waals surface area contributed by atoms with E-state index < -0.39 is 12.1 Å². The van der Waals surface area contributed by atoms with Gasteiger partial charge in [-0.15, -0.1) is 0 Å². The first-order chi connectivity index (χ1) is 13.0. The van der Waals surface area contributed by atoms with Gasteiger partial charge in [0.1, 0.15) is 0 Å². The van der Waals surface area contributed by atoms with E-state index in [1.807, 2.05) is 0 Å². The van der Waals surface area contributed by atoms with Crippen LogP contribution < -0.4 is 10.2 Å². The molecule has 1 saturated carbocycles. The van der Waals surface area contributed by atoms with Gasteiger partial charge < -0.3 is 15.0 Å². The minimum absolute atomic E-state index is 0.0647. The first-order valence-corrected chi connectivity index (χ1v) is 9.87. The minimum atomic E-state index is -0.858. The fraction of sp³-hybridized carbons (Fsp3) is 0.571. The molecule has 1 aromatic carbocycles. The Morgan fingerprint density at radius 2 is 2.00 bits per heavy atom. The van der Waals surface area contributed by atoms with E-state index in [1.165, 1.54) is 6.42 Å². The largest absolute Gasteiger partial charge is 0.449 e. The second kappa shape index (κ2) is 8.55. The van der Waals surface area contributed by atoms with Crippen molar-refractivity contribution in [1.29, 1.82) is 0 Å². The van der Waals surface area contributed by atoms with E-state index in [2.05, 4.69) is 12.2 Å². The molecule has 27 heavy (non-hydrogen) atoms. The fourth-order valence-corrected chi connectivity index (χ4v) is 3.83. The second-order valence-corrected chi connectivity index (χ2v) is 7.62. The van der Waals surface area contributed by atoms with Crippen molar-refractivity contribution in [2.75, 3.05) is 11.4 Å². The van der Waals surface area contributed by atoms with Gasteiger partial charge in [-0.05, 0) is 50.3 Å². The minimum Gasteiger partial charge on any atom is -0.449 e. The van der Waals surface area contributed by atoms with Crippen LogP contribution in [0.2, 0.25) is 0 Å². The van der Waals surface area contributed by atoms with Crippen LogP contribution in [0.15, 0.2) is 24.3 Å². The Bertz CT molecular complexity index is 718. The summed E-state index contributed by atoms with van der Waals surface area (Å²) in [5, 5.41) is 3.02. The molecule has 2 aliphatic rings. The highest BCUT2D eigenvalue weighted by molar-refractivity contribution is 5.98. The Morgan fingerprint density at radius 1 is 1.22 bits per heavy atom. The molecule has 1 aromatic rings. The number of rotatable bonds is 5. The van der Waals surface area contributed by atoms with Crippen molar-refractivity contribution < 1.29 is 19.1 Å². The predicted octanol–water partition coefficient (Wildman–Crippen LogP) is 3.05. The van der Waals surface area contributed by atoms with E-state index in [4.69, 9.17) is 4.74 Å². The monoisotopic (exact) mass is 372 g/mol. The summed E-state index contributed by atoms with van der Waals surface area (Å²) in [6.07, 6.45) is 4.90. The molecular weight excluding hydrogens is 344 g/mol. The molecule has 1 N–H and O–H groups in total. The maximum Gasteiger partial charge on any atom is 0.338 e. The molecular formula is C21H28N2O4. The molecule has 1 aliphatic heterocycles. The summed E-state index contributed by atoms with van der Waals surface area (Å²) in [6.45, 7) is 4.40. The molecule has 0 aromatic heterocycles. The predicted molar refractivity (Wildman–Crippen MR) is 102 cm³/mol. The van der Waals surface area contributed by atoms with Crippen LogP contribution in [-0.2, 0) is 14.3 Å². The highest BCUT2D eigenvalue weighted by Crippen LogP contribution is 2.24. The van der Waals surface area contributed by atoms with Crippen molar-refractivity contribution in [2.24, 2.45) is 5.92 Å². The summed E-state index contributed by atoms with van der Waals surface area (Å²) in [7, 11) is 0. The third-order valence-electron chi connectivity index (χ3n) is 5.56. The Morgan fingerprint density at radius 3 is 2.70 bits per heavy atom. The van der Waals surface area contributed by atoms with Crippen molar-refractivity contribution in [1.82, 2.24) is 5.32 Å². The molecule has 2 fully saturated rings. The summed E-state index contributed by atoms with van der Waals surface area (Å²) in [5.74, 6) is -0.300. The fourth-order valence-electron chi connectivity index (χ4n) is 3.83. The lowest BCUT2D eigenvalue weighted by molar-refractivity contribution is -0.130. The zero-order chi connectivity index (χ0) is 19.4. The van der Waals surface area contributed by atoms with E-state index in [0.717, 1.165) is 25.7 Å². The van der Waals surface area contributed by atoms with Crippen molar-refractivity contribution in [3.05, 3.63) is 29.8 Å². The van der Waals surface area contributed by atoms with Gasteiger partial charge in [-0.25, -0.2) is 4.79 Å². The van der Waals surface area contributed by atoms with Crippen LogP contribution in [0.1, 0.15) is 62.7 Å². The van der Waals surface area contributed by atoms with Gasteiger partial charge in [0.15, 0.2) is 6.10 Å². The van der Waals surface area contributed by atoms with Crippen LogP contribution in [-0.4, -0.2) is 36.5 Å². The average Bonchev–Trinajstić information content (AvgIpc) is 3.09. The number of nitrogens with zero attached hydrogens (tertiary/aromatic N) is 1. The highest BCUT2D eigenvalue weighted by Gasteiger charge is 2.27. The van der Waals surface area contributed by atoms with Gasteiger partial charge in [-0.3, -0.25) is 9.59 Å². The van der Waals surface area contributed by atoms with Crippen LogP contribution >= 0.6 is 0 Å². The Kier molecular flexibility index (Phi) is 6.14. The number of hydrogen-bond acceptors (Lipinski definition) is 4. The van der Waals surface area contributed by atoms with E-state index in [-0.39, 0.29) is 17.9 Å². The van der Waals surface area contributed by atoms with Gasteiger partial charge in [0.05, 0.1) is 5.56 Å². The average molecular weight is 372 g/mol. The molecule has 2 amide bonds. The maximum absolute atomic E-state index is 12.5. The SMILES string of the molecule is C[C@@H](OC(=O)c1cccc(N2CCCC2=O)c1)C(=O)N[C@H]1CCCC[C@@H]1C. The number of nitrogens with one attached hydrogen (secondary N) is 1. The topological polar surface area (TPSA) is 75.7 Å². The van der Waals surface area contributed by atoms with Gasteiger partial charge in [0.25, 0.3) is 5.91 Å². The Hall–Kier alpha value is -2.37. The standard InChI is InChI=1S/C21H28N2O4/c1-14-7-3-4-10-18(14)22-20(25)15(2)27-21(26)16-8-5-9-17(13-16)23-12-6-11-19(23)24/h5,8-9,13-15,18H,3-4,6-7,10-12H2,1-2H3,(H,22,25)/t14-,15+,18-/m0/s1. The van der Waals surface area contributed by atoms with Gasteiger partial charge >= 0.3 is 5.97 Å². The molecule has 0 unspecified atom stereocenters. The summed E-state index contributed by atoms with van der Waals surface area (Å²) in [5.41, 5.74) is 1.04. The number of ether oxygens (including phenoxy) is 1. The van der Waals surface area contributed by atoms with Crippen LogP contribution in [0.4, 0.5) is 5.69 Å². The van der Waals surface area contributed by atoms with Crippen LogP contribution in [0.3, 0.4) is 0 Å². The number of carbonyl (C=O) groups is 3. The number of benzene rings is 1. The molecule has 1 saturated heterocycles. The summed E-state index contributed by atoms with van der Waals surface area (Å²) < 4.78 is 5.37. The highest BCUT2D eigenvalue weighted by atomic mass is 16.5. The quantitative estimate of drug-likeness (QED) is 0.806. The molecule has 1 heterocycles. The Labute approximate surface area is 160 Å². The van der Waals surface area contributed by atoms with Crippen molar-refractivity contribution in [3.63, 3.8) is 0 Å². The number of carbonyl (C=O) groups excluding carboxylic acids is 3. The zero-order valence-electron chi connectivity index (χ0n) is 16.1. The van der Waals surface area contributed by atoms with E-state index in [9.17, 15) is 14.4 Å². The number of amides is 2. The van der Waals surface area contributed by atoms with E-state index >= 15 is 0 Å². The normalized spacial score (nSPS) is 23.8. The van der Waals surface area contributed by atoms with E-state index in [1.54, 1.807) is 36.1 Å². The first kappa shape index (κ1) is 19.4. The second-order valence-electron chi connectivity index (χ2n) is 7.62. The molecule has 0 bridgehead atoms. The molecule has 0 radical (unpaired) electrons. The summed E-state index contributed by atoms with van der Waals surface area (Å²) >= 11 is 0. The molecule has 3 rings (SSSR count). The molecule has 0 spiro atoms. The number of anilines is 1. The van der Waals surface area contributed by atoms with Gasteiger partial charge in [0.2, 0.25) is 5.91 Å². The van der Waals surface area contributed by atoms with E-state index in [0.29, 0.717) is 30.1 Å². The lowest BCUT2D eigenvalue weighted by atomic mass is 9.86. The van der Waals surface area contributed by atoms with Gasteiger partial charge in [-0.1, -0.05) is 25.8 Å². The molecule has 1 aliphatic carbocycles. The van der Waals surface area contributed by atoms with Crippen molar-refractivity contribution >= 4 is 23.5 Å². The van der Waals surface area contributed by atoms with Crippen LogP contribution in [0, 0.1) is 5.92 Å². The lowest BCUT2D eigenvalue weighted by Crippen LogP contribution is -2.46. The molecule has 6 heteroatoms. The summed E-state index contributed by atoms with van der Waals surface area (Å²) in [4.78, 5) is 38.4. The molecule has 146 valence electrons. The zero-order valence-corrected chi connectivity index (χ0v) is 16.1. The smallest absolute Gasteiger partial charge is 0.338 e. The number of hydrogen-bond donors (Lipinski definition) is 1. The summed E-state index contributed by atoms with van der Waals surface area (Å²) in [6, 6.07) is 6.98. The van der Waals surface area contributed by atoms with Gasteiger partial charge in [0, 0.05) is 24.7 Å².